The summed E-state index contributed by atoms with van der Waals surface area (Å²) in [6.07, 6.45) is 1.99. The van der Waals surface area contributed by atoms with E-state index < -0.39 is 26.3 Å². The molecule has 0 fully saturated rings. The Hall–Kier alpha value is -3.03. The molecule has 0 saturated heterocycles. The van der Waals surface area contributed by atoms with E-state index in [0.29, 0.717) is 18.7 Å². The number of amidine groups is 1. The monoisotopic (exact) mass is 509 g/mol. The summed E-state index contributed by atoms with van der Waals surface area (Å²) in [6.45, 7) is 6.63. The van der Waals surface area contributed by atoms with Gasteiger partial charge in [0, 0.05) is 18.4 Å². The molecular formula is C21H27N5O6S2. The number of nitrogens with zero attached hydrogens (tertiary/aromatic N) is 3. The standard InChI is InChI=1S/C21H27N5O6S2/c1-21(2,3)9-11-26-20(28)17(18(27)15-6-5-10-25(15)26)19-22-14-8-7-13(23-33(4,29)30)12-16(14)34(31,32)24-19/h5-8,10,12,20,23,27-28H,9,11H2,1-4H3,(H,22,24). The summed E-state index contributed by atoms with van der Waals surface area (Å²) in [5, 5.41) is 26.6. The summed E-state index contributed by atoms with van der Waals surface area (Å²) in [6, 6.07) is 7.31. The number of hydrogen-bond donors (Lipinski definition) is 4. The topological polar surface area (TPSA) is 153 Å². The number of aliphatic hydroxyl groups is 2. The molecule has 2 aliphatic heterocycles. The number of anilines is 2. The molecule has 0 radical (unpaired) electrons. The highest BCUT2D eigenvalue weighted by atomic mass is 32.2. The van der Waals surface area contributed by atoms with Gasteiger partial charge in [-0.1, -0.05) is 20.8 Å². The summed E-state index contributed by atoms with van der Waals surface area (Å²) < 4.78 is 56.7. The van der Waals surface area contributed by atoms with Gasteiger partial charge in [-0.2, -0.15) is 8.42 Å². The lowest BCUT2D eigenvalue weighted by molar-refractivity contribution is 0.166. The van der Waals surface area contributed by atoms with Crippen molar-refractivity contribution >= 4 is 43.0 Å². The van der Waals surface area contributed by atoms with Crippen LogP contribution in [0.1, 0.15) is 32.9 Å². The van der Waals surface area contributed by atoms with Crippen LogP contribution in [0.3, 0.4) is 0 Å². The van der Waals surface area contributed by atoms with Crippen LogP contribution in [0.4, 0.5) is 11.4 Å². The Bertz CT molecular complexity index is 1420. The lowest BCUT2D eigenvalue weighted by Crippen LogP contribution is -2.51. The highest BCUT2D eigenvalue weighted by Crippen LogP contribution is 2.35. The van der Waals surface area contributed by atoms with Crippen LogP contribution in [0, 0.1) is 5.41 Å². The molecule has 0 spiro atoms. The minimum absolute atomic E-state index is 0.0308. The highest BCUT2D eigenvalue weighted by Gasteiger charge is 2.38. The lowest BCUT2D eigenvalue weighted by Gasteiger charge is -2.39. The highest BCUT2D eigenvalue weighted by molar-refractivity contribution is 7.92. The number of nitrogens with one attached hydrogen (secondary N) is 2. The van der Waals surface area contributed by atoms with Gasteiger partial charge in [-0.05, 0) is 42.2 Å². The summed E-state index contributed by atoms with van der Waals surface area (Å²) in [4.78, 5) is -0.233. The van der Waals surface area contributed by atoms with Crippen molar-refractivity contribution < 1.29 is 27.0 Å². The fourth-order valence-corrected chi connectivity index (χ4v) is 5.49. The number of benzene rings is 1. The lowest BCUT2D eigenvalue weighted by atomic mass is 9.92. The maximum absolute atomic E-state index is 13.0. The second-order valence-electron chi connectivity index (χ2n) is 9.47. The fourth-order valence-electron chi connectivity index (χ4n) is 3.78. The molecule has 2 aromatic rings. The van der Waals surface area contributed by atoms with Crippen LogP contribution in [0.2, 0.25) is 0 Å². The Kier molecular flexibility index (Phi) is 5.69. The first kappa shape index (κ1) is 24.1. The summed E-state index contributed by atoms with van der Waals surface area (Å²) in [7, 11) is -7.88. The molecule has 1 aromatic heterocycles. The van der Waals surface area contributed by atoms with Gasteiger partial charge < -0.3 is 15.5 Å². The molecule has 0 aliphatic carbocycles. The van der Waals surface area contributed by atoms with Gasteiger partial charge in [-0.3, -0.25) is 14.4 Å². The van der Waals surface area contributed by atoms with Gasteiger partial charge in [0.25, 0.3) is 10.0 Å². The Balaban J connectivity index is 1.76. The molecule has 4 rings (SSSR count). The Morgan fingerprint density at radius 3 is 2.59 bits per heavy atom. The first-order chi connectivity index (χ1) is 15.7. The predicted octanol–water partition coefficient (Wildman–Crippen LogP) is 2.05. The van der Waals surface area contributed by atoms with E-state index in [1.54, 1.807) is 28.0 Å². The number of hydrogen-bond acceptors (Lipinski definition) is 8. The van der Waals surface area contributed by atoms with Gasteiger partial charge in [-0.25, -0.2) is 8.42 Å². The van der Waals surface area contributed by atoms with Gasteiger partial charge >= 0.3 is 0 Å². The van der Waals surface area contributed by atoms with Crippen LogP contribution < -0.4 is 15.0 Å². The third-order valence-corrected chi connectivity index (χ3v) is 7.34. The van der Waals surface area contributed by atoms with Crippen molar-refractivity contribution in [2.24, 2.45) is 9.81 Å². The molecule has 1 unspecified atom stereocenters. The molecular weight excluding hydrogens is 482 g/mol. The van der Waals surface area contributed by atoms with E-state index in [4.69, 9.17) is 0 Å². The normalized spacial score (nSPS) is 19.7. The average molecular weight is 510 g/mol. The molecule has 0 saturated carbocycles. The molecule has 3 heterocycles. The minimum Gasteiger partial charge on any atom is -0.505 e. The fraction of sp³-hybridized carbons (Fsp3) is 0.381. The van der Waals surface area contributed by atoms with Crippen molar-refractivity contribution in [1.82, 2.24) is 4.68 Å². The van der Waals surface area contributed by atoms with Crippen molar-refractivity contribution in [2.45, 2.75) is 38.3 Å². The van der Waals surface area contributed by atoms with Gasteiger partial charge in [0.2, 0.25) is 10.0 Å². The van der Waals surface area contributed by atoms with Crippen molar-refractivity contribution in [3.05, 3.63) is 47.8 Å². The van der Waals surface area contributed by atoms with E-state index in [-0.39, 0.29) is 38.9 Å². The number of rotatable bonds is 5. The average Bonchev–Trinajstić information content (AvgIpc) is 3.16. The molecule has 0 bridgehead atoms. The number of aliphatic hydroxyl groups excluding tert-OH is 2. The molecule has 13 heteroatoms. The molecule has 11 nitrogen and oxygen atoms in total. The van der Waals surface area contributed by atoms with Crippen LogP contribution in [0.25, 0.3) is 5.76 Å². The minimum atomic E-state index is -4.27. The maximum atomic E-state index is 13.0. The van der Waals surface area contributed by atoms with Gasteiger partial charge in [0.05, 0.1) is 17.5 Å². The van der Waals surface area contributed by atoms with E-state index in [0.717, 1.165) is 12.3 Å². The summed E-state index contributed by atoms with van der Waals surface area (Å²) >= 11 is 0. The SMILES string of the molecule is CC(C)(C)CCN1C(O)C(C2=NS(=O)(=O)c3cc(NS(C)(=O)=O)ccc3N2)=C(O)c2cccn21. The third kappa shape index (κ3) is 4.63. The van der Waals surface area contributed by atoms with Crippen molar-refractivity contribution in [3.8, 4) is 0 Å². The van der Waals surface area contributed by atoms with Crippen molar-refractivity contribution in [2.75, 3.05) is 27.8 Å². The third-order valence-electron chi connectivity index (χ3n) is 5.42. The molecule has 34 heavy (non-hydrogen) atoms. The zero-order chi connectivity index (χ0) is 25.1. The molecule has 4 N–H and O–H groups in total. The van der Waals surface area contributed by atoms with E-state index in [2.05, 4.69) is 35.2 Å². The van der Waals surface area contributed by atoms with Crippen LogP contribution in [0.15, 0.2) is 51.4 Å². The zero-order valence-electron chi connectivity index (χ0n) is 19.1. The number of sulfonamides is 2. The largest absolute Gasteiger partial charge is 0.505 e. The Morgan fingerprint density at radius 2 is 1.94 bits per heavy atom. The summed E-state index contributed by atoms with van der Waals surface area (Å²) in [5.41, 5.74) is 0.481. The predicted molar refractivity (Wildman–Crippen MR) is 130 cm³/mol. The molecule has 1 aromatic carbocycles. The molecule has 1 atom stereocenters. The molecule has 2 aliphatic rings. The molecule has 0 amide bonds. The first-order valence-corrected chi connectivity index (χ1v) is 13.8. The maximum Gasteiger partial charge on any atom is 0.286 e. The van der Waals surface area contributed by atoms with Crippen LogP contribution in [-0.4, -0.2) is 56.6 Å². The van der Waals surface area contributed by atoms with E-state index >= 15 is 0 Å². The molecule has 184 valence electrons. The van der Waals surface area contributed by atoms with E-state index in [1.165, 1.54) is 12.1 Å². The van der Waals surface area contributed by atoms with Gasteiger partial charge in [-0.15, -0.1) is 4.40 Å². The summed E-state index contributed by atoms with van der Waals surface area (Å²) in [5.74, 6) is -0.515. The van der Waals surface area contributed by atoms with E-state index in [9.17, 15) is 27.0 Å². The van der Waals surface area contributed by atoms with Crippen molar-refractivity contribution in [1.29, 1.82) is 0 Å². The van der Waals surface area contributed by atoms with Gasteiger partial charge in [0.1, 0.15) is 10.6 Å². The Labute approximate surface area is 198 Å². The second-order valence-corrected chi connectivity index (χ2v) is 12.8. The van der Waals surface area contributed by atoms with Crippen LogP contribution in [0.5, 0.6) is 0 Å². The van der Waals surface area contributed by atoms with E-state index in [1.807, 2.05) is 0 Å². The van der Waals surface area contributed by atoms with Crippen molar-refractivity contribution in [3.63, 3.8) is 0 Å². The second kappa shape index (κ2) is 8.03. The number of aromatic nitrogens is 1. The zero-order valence-corrected chi connectivity index (χ0v) is 20.8. The Morgan fingerprint density at radius 1 is 1.24 bits per heavy atom. The van der Waals surface area contributed by atoms with Crippen LogP contribution >= 0.6 is 0 Å². The quantitative estimate of drug-likeness (QED) is 0.478. The first-order valence-electron chi connectivity index (χ1n) is 10.5. The smallest absolute Gasteiger partial charge is 0.286 e. The van der Waals surface area contributed by atoms with Gasteiger partial charge in [0.15, 0.2) is 17.8 Å². The van der Waals surface area contributed by atoms with Crippen LogP contribution in [-0.2, 0) is 20.0 Å². The number of fused-ring (bicyclic) bond motifs is 2.